The van der Waals surface area contributed by atoms with Gasteiger partial charge in [-0.05, 0) is 63.1 Å². The first-order chi connectivity index (χ1) is 23.9. The van der Waals surface area contributed by atoms with Crippen molar-refractivity contribution in [3.63, 3.8) is 0 Å². The minimum atomic E-state index is -1.25. The second-order valence-corrected chi connectivity index (χ2v) is 27.3. The van der Waals surface area contributed by atoms with Crippen LogP contribution in [0.25, 0.3) is 28.0 Å². The Morgan fingerprint density at radius 2 is 1.52 bits per heavy atom. The number of carbonyl (C=O) groups excluding carboxylic acids is 1. The van der Waals surface area contributed by atoms with E-state index in [1.807, 2.05) is 42.0 Å². The number of benzene rings is 1. The molecule has 270 valence electrons. The smallest absolute Gasteiger partial charge is 0.308 e. The second-order valence-electron chi connectivity index (χ2n) is 16.1. The summed E-state index contributed by atoms with van der Waals surface area (Å²) in [6.07, 6.45) is 8.32. The number of anilines is 1. The summed E-state index contributed by atoms with van der Waals surface area (Å²) in [6.45, 7) is 18.8. The third-order valence-corrected chi connectivity index (χ3v) is 12.8. The molecular weight excluding hydrogens is 659 g/mol. The number of nitrogens with zero attached hydrogens (tertiary/aromatic N) is 5. The van der Waals surface area contributed by atoms with Gasteiger partial charge in [0.15, 0.2) is 5.65 Å². The quantitative estimate of drug-likeness (QED) is 0.0464. The van der Waals surface area contributed by atoms with Crippen LogP contribution in [0.5, 0.6) is 0 Å². The van der Waals surface area contributed by atoms with Gasteiger partial charge in [-0.2, -0.15) is 9.61 Å². The highest BCUT2D eigenvalue weighted by molar-refractivity contribution is 6.76. The standard InChI is InChI=1S/C39H57N5O4Si2/c1-8-48-39(45)32-16-14-30(15-17-32)24-34-25-37(43(28-46-20-22-49(2,3)4)29-47-21-23-50(5,6)7)44-38(42-34)35(27-41-44)33-18-19-36(40-26-33)31-12-10-9-11-13-31/h9-13,18-19,25-27,30,32H,8,14-17,20-24,28-29H2,1-7H3. The Hall–Kier alpha value is -3.39. The molecule has 1 aromatic carbocycles. The lowest BCUT2D eigenvalue weighted by Gasteiger charge is -2.28. The van der Waals surface area contributed by atoms with Crippen molar-refractivity contribution < 1.29 is 19.0 Å². The molecule has 50 heavy (non-hydrogen) atoms. The predicted octanol–water partition coefficient (Wildman–Crippen LogP) is 8.80. The van der Waals surface area contributed by atoms with E-state index < -0.39 is 16.1 Å². The highest BCUT2D eigenvalue weighted by atomic mass is 28.3. The van der Waals surface area contributed by atoms with Gasteiger partial charge in [0.1, 0.15) is 19.3 Å². The summed E-state index contributed by atoms with van der Waals surface area (Å²) in [5, 5.41) is 4.90. The van der Waals surface area contributed by atoms with Crippen LogP contribution in [-0.2, 0) is 25.4 Å². The molecule has 11 heteroatoms. The van der Waals surface area contributed by atoms with Crippen LogP contribution < -0.4 is 4.90 Å². The maximum absolute atomic E-state index is 12.4. The van der Waals surface area contributed by atoms with Crippen LogP contribution in [0.2, 0.25) is 51.4 Å². The van der Waals surface area contributed by atoms with Crippen LogP contribution in [0, 0.1) is 11.8 Å². The lowest BCUT2D eigenvalue weighted by atomic mass is 9.80. The molecule has 0 aliphatic heterocycles. The topological polar surface area (TPSA) is 91.1 Å². The molecule has 0 atom stereocenters. The summed E-state index contributed by atoms with van der Waals surface area (Å²) in [6, 6.07) is 18.8. The molecule has 3 heterocycles. The van der Waals surface area contributed by atoms with Crippen LogP contribution in [0.4, 0.5) is 5.82 Å². The van der Waals surface area contributed by atoms with Gasteiger partial charge in [0.2, 0.25) is 0 Å². The van der Waals surface area contributed by atoms with Crippen molar-refractivity contribution in [3.8, 4) is 22.4 Å². The number of hydrogen-bond donors (Lipinski definition) is 0. The maximum Gasteiger partial charge on any atom is 0.308 e. The van der Waals surface area contributed by atoms with Crippen molar-refractivity contribution in [1.82, 2.24) is 19.6 Å². The summed E-state index contributed by atoms with van der Waals surface area (Å²) in [5.74, 6) is 1.30. The Kier molecular flexibility index (Phi) is 13.0. The van der Waals surface area contributed by atoms with Crippen LogP contribution in [0.3, 0.4) is 0 Å². The number of ether oxygens (including phenoxy) is 3. The molecule has 0 saturated heterocycles. The Bertz CT molecular complexity index is 1640. The third-order valence-electron chi connectivity index (χ3n) is 9.43. The molecular formula is C39H57N5O4Si2. The van der Waals surface area contributed by atoms with Crippen molar-refractivity contribution in [1.29, 1.82) is 0 Å². The fourth-order valence-electron chi connectivity index (χ4n) is 6.30. The zero-order valence-corrected chi connectivity index (χ0v) is 33.3. The molecule has 1 saturated carbocycles. The van der Waals surface area contributed by atoms with Crippen LogP contribution >= 0.6 is 0 Å². The van der Waals surface area contributed by atoms with Crippen LogP contribution in [-0.4, -0.2) is 75.0 Å². The Balaban J connectivity index is 1.46. The van der Waals surface area contributed by atoms with Crippen molar-refractivity contribution in [3.05, 3.63) is 66.6 Å². The van der Waals surface area contributed by atoms with Gasteiger partial charge in [0, 0.05) is 64.0 Å². The molecule has 1 aliphatic rings. The van der Waals surface area contributed by atoms with Gasteiger partial charge < -0.3 is 19.1 Å². The van der Waals surface area contributed by atoms with E-state index in [1.54, 1.807) is 0 Å². The zero-order chi connectivity index (χ0) is 35.7. The van der Waals surface area contributed by atoms with E-state index in [-0.39, 0.29) is 11.9 Å². The SMILES string of the molecule is CCOC(=O)C1CCC(Cc2cc(N(COCC[Si](C)(C)C)COCC[Si](C)(C)C)n3ncc(-c4ccc(-c5ccccc5)nc4)c3n2)CC1. The summed E-state index contributed by atoms with van der Waals surface area (Å²) in [5.41, 5.74) is 5.71. The van der Waals surface area contributed by atoms with Crippen molar-refractivity contribution >= 4 is 33.6 Å². The van der Waals surface area contributed by atoms with Crippen LogP contribution in [0.15, 0.2) is 60.9 Å². The Morgan fingerprint density at radius 3 is 2.10 bits per heavy atom. The van der Waals surface area contributed by atoms with Gasteiger partial charge in [0.25, 0.3) is 0 Å². The average Bonchev–Trinajstić information content (AvgIpc) is 3.51. The van der Waals surface area contributed by atoms with Crippen molar-refractivity contribution in [2.75, 3.05) is 38.2 Å². The van der Waals surface area contributed by atoms with Crippen molar-refractivity contribution in [2.24, 2.45) is 11.8 Å². The lowest BCUT2D eigenvalue weighted by molar-refractivity contribution is -0.149. The Labute approximate surface area is 300 Å². The van der Waals surface area contributed by atoms with E-state index in [4.69, 9.17) is 29.3 Å². The summed E-state index contributed by atoms with van der Waals surface area (Å²) >= 11 is 0. The number of rotatable bonds is 17. The minimum absolute atomic E-state index is 0.00194. The molecule has 3 aromatic heterocycles. The average molecular weight is 716 g/mol. The van der Waals surface area contributed by atoms with E-state index in [9.17, 15) is 4.79 Å². The summed E-state index contributed by atoms with van der Waals surface area (Å²) in [4.78, 5) is 24.7. The first-order valence-electron chi connectivity index (χ1n) is 18.4. The summed E-state index contributed by atoms with van der Waals surface area (Å²) in [7, 11) is -2.50. The van der Waals surface area contributed by atoms with E-state index in [2.05, 4.69) is 74.5 Å². The first kappa shape index (κ1) is 37.9. The highest BCUT2D eigenvalue weighted by Gasteiger charge is 2.28. The summed E-state index contributed by atoms with van der Waals surface area (Å²) < 4.78 is 19.9. The van der Waals surface area contributed by atoms with Gasteiger partial charge in [-0.15, -0.1) is 0 Å². The normalized spacial score (nSPS) is 16.9. The number of esters is 1. The van der Waals surface area contributed by atoms with Gasteiger partial charge >= 0.3 is 5.97 Å². The second kappa shape index (κ2) is 17.2. The van der Waals surface area contributed by atoms with Gasteiger partial charge in [-0.3, -0.25) is 9.78 Å². The first-order valence-corrected chi connectivity index (χ1v) is 25.8. The molecule has 1 fully saturated rings. The Morgan fingerprint density at radius 1 is 0.860 bits per heavy atom. The van der Waals surface area contributed by atoms with Crippen molar-refractivity contribution in [2.45, 2.75) is 90.4 Å². The molecule has 5 rings (SSSR count). The molecule has 0 radical (unpaired) electrons. The number of hydrogen-bond acceptors (Lipinski definition) is 8. The monoisotopic (exact) mass is 715 g/mol. The predicted molar refractivity (Wildman–Crippen MR) is 208 cm³/mol. The largest absolute Gasteiger partial charge is 0.466 e. The number of aromatic nitrogens is 4. The van der Waals surface area contributed by atoms with Gasteiger partial charge in [0.05, 0.1) is 24.4 Å². The fourth-order valence-corrected chi connectivity index (χ4v) is 7.81. The molecule has 0 amide bonds. The maximum atomic E-state index is 12.4. The van der Waals surface area contributed by atoms with E-state index in [0.29, 0.717) is 26.0 Å². The number of fused-ring (bicyclic) bond motifs is 1. The molecule has 0 spiro atoms. The fraction of sp³-hybridized carbons (Fsp3) is 0.538. The minimum Gasteiger partial charge on any atom is -0.466 e. The number of carbonyl (C=O) groups is 1. The molecule has 0 unspecified atom stereocenters. The molecule has 0 N–H and O–H groups in total. The van der Waals surface area contributed by atoms with E-state index in [1.165, 1.54) is 0 Å². The zero-order valence-electron chi connectivity index (χ0n) is 31.3. The molecule has 0 bridgehead atoms. The molecule has 9 nitrogen and oxygen atoms in total. The third kappa shape index (κ3) is 10.8. The molecule has 4 aromatic rings. The van der Waals surface area contributed by atoms with E-state index in [0.717, 1.165) is 96.9 Å². The number of pyridine rings is 1. The lowest BCUT2D eigenvalue weighted by Crippen LogP contribution is -2.33. The van der Waals surface area contributed by atoms with Crippen LogP contribution in [0.1, 0.15) is 38.3 Å². The van der Waals surface area contributed by atoms with Gasteiger partial charge in [-0.25, -0.2) is 4.98 Å². The molecule has 1 aliphatic carbocycles. The van der Waals surface area contributed by atoms with E-state index >= 15 is 0 Å². The highest BCUT2D eigenvalue weighted by Crippen LogP contribution is 2.34. The van der Waals surface area contributed by atoms with Gasteiger partial charge in [-0.1, -0.05) is 75.7 Å².